The Morgan fingerprint density at radius 2 is 2.20 bits per heavy atom. The zero-order valence-electron chi connectivity index (χ0n) is 9.03. The molecule has 0 saturated heterocycles. The Bertz CT molecular complexity index is 432. The maximum absolute atomic E-state index is 4.17. The lowest BCUT2D eigenvalue weighted by Gasteiger charge is -2.06. The van der Waals surface area contributed by atoms with Crippen molar-refractivity contribution in [2.75, 3.05) is 6.54 Å². The van der Waals surface area contributed by atoms with Crippen molar-refractivity contribution in [1.29, 1.82) is 0 Å². The summed E-state index contributed by atoms with van der Waals surface area (Å²) >= 11 is 0. The molecule has 15 heavy (non-hydrogen) atoms. The third kappa shape index (κ3) is 2.34. The fourth-order valence-electron chi connectivity index (χ4n) is 1.73. The number of hydrogen-bond donors (Lipinski definition) is 1. The number of nitrogens with zero attached hydrogens (tertiary/aromatic N) is 1. The van der Waals surface area contributed by atoms with Crippen LogP contribution in [0.3, 0.4) is 0 Å². The summed E-state index contributed by atoms with van der Waals surface area (Å²) in [5.41, 5.74) is 1.33. The Morgan fingerprint density at radius 1 is 1.27 bits per heavy atom. The van der Waals surface area contributed by atoms with E-state index in [0.717, 1.165) is 13.1 Å². The number of pyridine rings is 1. The van der Waals surface area contributed by atoms with Crippen molar-refractivity contribution in [2.45, 2.75) is 19.9 Å². The van der Waals surface area contributed by atoms with Gasteiger partial charge in [0.2, 0.25) is 0 Å². The third-order valence-corrected chi connectivity index (χ3v) is 2.52. The minimum atomic E-state index is 0.927. The Hall–Kier alpha value is -1.41. The van der Waals surface area contributed by atoms with E-state index in [9.17, 15) is 0 Å². The van der Waals surface area contributed by atoms with Gasteiger partial charge in [-0.05, 0) is 30.0 Å². The number of aromatic nitrogens is 1. The first-order chi connectivity index (χ1) is 7.42. The molecule has 0 aliphatic rings. The molecule has 2 nitrogen and oxygen atoms in total. The van der Waals surface area contributed by atoms with Crippen molar-refractivity contribution in [3.8, 4) is 0 Å². The van der Waals surface area contributed by atoms with Crippen LogP contribution in [0.4, 0.5) is 0 Å². The lowest BCUT2D eigenvalue weighted by atomic mass is 10.1. The van der Waals surface area contributed by atoms with E-state index in [1.54, 1.807) is 0 Å². The second kappa shape index (κ2) is 4.89. The van der Waals surface area contributed by atoms with Crippen LogP contribution in [-0.4, -0.2) is 11.5 Å². The first kappa shape index (κ1) is 10.1. The fraction of sp³-hybridized carbons (Fsp3) is 0.308. The summed E-state index contributed by atoms with van der Waals surface area (Å²) in [6.07, 6.45) is 4.95. The van der Waals surface area contributed by atoms with E-state index in [-0.39, 0.29) is 0 Å². The molecule has 0 saturated carbocycles. The molecule has 78 valence electrons. The van der Waals surface area contributed by atoms with Crippen molar-refractivity contribution < 1.29 is 0 Å². The number of hydrogen-bond acceptors (Lipinski definition) is 2. The molecule has 1 aromatic carbocycles. The molecule has 0 fully saturated rings. The smallest absolute Gasteiger partial charge is 0.0349 e. The van der Waals surface area contributed by atoms with Crippen molar-refractivity contribution in [3.63, 3.8) is 0 Å². The van der Waals surface area contributed by atoms with Crippen LogP contribution in [0.25, 0.3) is 10.8 Å². The summed E-state index contributed by atoms with van der Waals surface area (Å²) < 4.78 is 0. The van der Waals surface area contributed by atoms with Gasteiger partial charge in [-0.25, -0.2) is 0 Å². The molecule has 0 atom stereocenters. The van der Waals surface area contributed by atoms with E-state index >= 15 is 0 Å². The second-order valence-electron chi connectivity index (χ2n) is 3.69. The summed E-state index contributed by atoms with van der Waals surface area (Å²) in [7, 11) is 0. The summed E-state index contributed by atoms with van der Waals surface area (Å²) in [5, 5.41) is 5.93. The van der Waals surface area contributed by atoms with Gasteiger partial charge in [0.05, 0.1) is 0 Å². The Morgan fingerprint density at radius 3 is 3.07 bits per heavy atom. The molecule has 0 amide bonds. The molecule has 0 spiro atoms. The highest BCUT2D eigenvalue weighted by Crippen LogP contribution is 2.16. The average Bonchev–Trinajstić information content (AvgIpc) is 2.30. The number of benzene rings is 1. The molecule has 0 radical (unpaired) electrons. The fourth-order valence-corrected chi connectivity index (χ4v) is 1.73. The summed E-state index contributed by atoms with van der Waals surface area (Å²) in [5.74, 6) is 0. The van der Waals surface area contributed by atoms with E-state index in [4.69, 9.17) is 0 Å². The molecule has 0 bridgehead atoms. The summed E-state index contributed by atoms with van der Waals surface area (Å²) in [6, 6.07) is 8.44. The van der Waals surface area contributed by atoms with Crippen LogP contribution in [0.2, 0.25) is 0 Å². The maximum atomic E-state index is 4.17. The Balaban J connectivity index is 2.26. The van der Waals surface area contributed by atoms with E-state index in [2.05, 4.69) is 41.5 Å². The number of nitrogens with one attached hydrogen (secondary N) is 1. The normalized spacial score (nSPS) is 10.7. The van der Waals surface area contributed by atoms with Crippen molar-refractivity contribution in [3.05, 3.63) is 42.2 Å². The highest BCUT2D eigenvalue weighted by Gasteiger charge is 1.99. The predicted octanol–water partition coefficient (Wildman–Crippen LogP) is 2.73. The lowest BCUT2D eigenvalue weighted by molar-refractivity contribution is 0.678. The van der Waals surface area contributed by atoms with Crippen LogP contribution in [-0.2, 0) is 6.54 Å². The Kier molecular flexibility index (Phi) is 3.30. The van der Waals surface area contributed by atoms with E-state index in [0.29, 0.717) is 0 Å². The second-order valence-corrected chi connectivity index (χ2v) is 3.69. The van der Waals surface area contributed by atoms with Gasteiger partial charge in [0.1, 0.15) is 0 Å². The zero-order chi connectivity index (χ0) is 10.5. The van der Waals surface area contributed by atoms with Gasteiger partial charge in [-0.2, -0.15) is 0 Å². The minimum absolute atomic E-state index is 0.927. The molecule has 2 heteroatoms. The predicted molar refractivity (Wildman–Crippen MR) is 63.7 cm³/mol. The third-order valence-electron chi connectivity index (χ3n) is 2.52. The van der Waals surface area contributed by atoms with Crippen LogP contribution in [0.1, 0.15) is 18.9 Å². The van der Waals surface area contributed by atoms with Gasteiger partial charge in [0, 0.05) is 24.3 Å². The van der Waals surface area contributed by atoms with E-state index < -0.39 is 0 Å². The van der Waals surface area contributed by atoms with Gasteiger partial charge >= 0.3 is 0 Å². The Labute approximate surface area is 90.3 Å². The van der Waals surface area contributed by atoms with Gasteiger partial charge in [0.25, 0.3) is 0 Å². The van der Waals surface area contributed by atoms with Gasteiger partial charge in [-0.1, -0.05) is 25.1 Å². The lowest BCUT2D eigenvalue weighted by Crippen LogP contribution is -2.13. The van der Waals surface area contributed by atoms with Crippen molar-refractivity contribution in [1.82, 2.24) is 10.3 Å². The molecule has 0 unspecified atom stereocenters. The van der Waals surface area contributed by atoms with Crippen LogP contribution in [0.15, 0.2) is 36.7 Å². The van der Waals surface area contributed by atoms with Crippen LogP contribution >= 0.6 is 0 Å². The van der Waals surface area contributed by atoms with Gasteiger partial charge in [-0.3, -0.25) is 4.98 Å². The van der Waals surface area contributed by atoms with Crippen molar-refractivity contribution >= 4 is 10.8 Å². The van der Waals surface area contributed by atoms with Crippen LogP contribution in [0.5, 0.6) is 0 Å². The molecule has 1 N–H and O–H groups in total. The highest BCUT2D eigenvalue weighted by molar-refractivity contribution is 5.84. The van der Waals surface area contributed by atoms with Crippen LogP contribution in [0, 0.1) is 0 Å². The quantitative estimate of drug-likeness (QED) is 0.768. The molecule has 2 aromatic rings. The van der Waals surface area contributed by atoms with Crippen LogP contribution < -0.4 is 5.32 Å². The summed E-state index contributed by atoms with van der Waals surface area (Å²) in [4.78, 5) is 4.17. The van der Waals surface area contributed by atoms with Gasteiger partial charge in [-0.15, -0.1) is 0 Å². The largest absolute Gasteiger partial charge is 0.313 e. The average molecular weight is 200 g/mol. The first-order valence-electron chi connectivity index (χ1n) is 5.44. The minimum Gasteiger partial charge on any atom is -0.313 e. The van der Waals surface area contributed by atoms with Gasteiger partial charge < -0.3 is 5.32 Å². The van der Waals surface area contributed by atoms with Crippen molar-refractivity contribution in [2.24, 2.45) is 0 Å². The number of rotatable bonds is 4. The van der Waals surface area contributed by atoms with E-state index in [1.165, 1.54) is 22.8 Å². The molecule has 0 aliphatic carbocycles. The first-order valence-corrected chi connectivity index (χ1v) is 5.44. The summed E-state index contributed by atoms with van der Waals surface area (Å²) in [6.45, 7) is 4.17. The topological polar surface area (TPSA) is 24.9 Å². The molecular formula is C13H16N2. The molecular weight excluding hydrogens is 184 g/mol. The molecule has 2 rings (SSSR count). The molecule has 0 aliphatic heterocycles. The SMILES string of the molecule is CCCNCc1cccc2ccncc12. The maximum Gasteiger partial charge on any atom is 0.0349 e. The molecule has 1 aromatic heterocycles. The zero-order valence-corrected chi connectivity index (χ0v) is 9.03. The van der Waals surface area contributed by atoms with Gasteiger partial charge in [0.15, 0.2) is 0 Å². The standard InChI is InChI=1S/C13H16N2/c1-2-7-14-9-12-5-3-4-11-6-8-15-10-13(11)12/h3-6,8,10,14H,2,7,9H2,1H3. The highest BCUT2D eigenvalue weighted by atomic mass is 14.8. The number of fused-ring (bicyclic) bond motifs is 1. The van der Waals surface area contributed by atoms with E-state index in [1.807, 2.05) is 12.4 Å². The molecule has 1 heterocycles. The monoisotopic (exact) mass is 200 g/mol.